The molecule has 156 valence electrons. The predicted molar refractivity (Wildman–Crippen MR) is 112 cm³/mol. The first-order chi connectivity index (χ1) is 13.8. The Morgan fingerprint density at radius 1 is 1.07 bits per heavy atom. The van der Waals surface area contributed by atoms with E-state index in [0.717, 1.165) is 56.3 Å². The Hall–Kier alpha value is -2.28. The molecule has 2 heterocycles. The van der Waals surface area contributed by atoms with Gasteiger partial charge in [-0.3, -0.25) is 0 Å². The number of halogens is 3. The van der Waals surface area contributed by atoms with E-state index in [-0.39, 0.29) is 11.7 Å². The number of anilines is 2. The number of hydrogen-bond acceptors (Lipinski definition) is 4. The Balaban J connectivity index is 1.74. The SMILES string of the molecule is C=C(c1nc(NC2CCC2)cc2c(NC3CCN(C)CC3)cccc12)C(F)(F)F. The Bertz CT molecular complexity index is 897. The van der Waals surface area contributed by atoms with Crippen LogP contribution in [0.5, 0.6) is 0 Å². The van der Waals surface area contributed by atoms with Crippen molar-refractivity contribution in [2.75, 3.05) is 30.8 Å². The van der Waals surface area contributed by atoms with Crippen LogP contribution in [0.2, 0.25) is 0 Å². The van der Waals surface area contributed by atoms with Gasteiger partial charge in [0.05, 0.1) is 11.3 Å². The van der Waals surface area contributed by atoms with Gasteiger partial charge in [-0.15, -0.1) is 0 Å². The van der Waals surface area contributed by atoms with Gasteiger partial charge < -0.3 is 15.5 Å². The lowest BCUT2D eigenvalue weighted by Gasteiger charge is -2.31. The summed E-state index contributed by atoms with van der Waals surface area (Å²) in [4.78, 5) is 6.61. The van der Waals surface area contributed by atoms with Crippen LogP contribution in [0, 0.1) is 0 Å². The molecule has 2 N–H and O–H groups in total. The Morgan fingerprint density at radius 3 is 2.38 bits per heavy atom. The Kier molecular flexibility index (Phi) is 5.42. The highest BCUT2D eigenvalue weighted by atomic mass is 19.4. The largest absolute Gasteiger partial charge is 0.417 e. The van der Waals surface area contributed by atoms with Crippen molar-refractivity contribution in [3.8, 4) is 0 Å². The zero-order valence-corrected chi connectivity index (χ0v) is 16.6. The average Bonchev–Trinajstić information content (AvgIpc) is 2.65. The summed E-state index contributed by atoms with van der Waals surface area (Å²) < 4.78 is 40.4. The number of piperidine rings is 1. The number of aromatic nitrogens is 1. The van der Waals surface area contributed by atoms with E-state index in [9.17, 15) is 13.2 Å². The number of likely N-dealkylation sites (tertiary alicyclic amines) is 1. The van der Waals surface area contributed by atoms with Crippen LogP contribution < -0.4 is 10.6 Å². The second kappa shape index (κ2) is 7.86. The first-order valence-corrected chi connectivity index (χ1v) is 10.2. The molecule has 0 radical (unpaired) electrons. The summed E-state index contributed by atoms with van der Waals surface area (Å²) >= 11 is 0. The van der Waals surface area contributed by atoms with Gasteiger partial charge in [0.2, 0.25) is 0 Å². The second-order valence-corrected chi connectivity index (χ2v) is 8.23. The van der Waals surface area contributed by atoms with Crippen molar-refractivity contribution in [1.29, 1.82) is 0 Å². The molecule has 7 heteroatoms. The summed E-state index contributed by atoms with van der Waals surface area (Å²) in [6.45, 7) is 5.33. The van der Waals surface area contributed by atoms with Crippen LogP contribution in [-0.2, 0) is 0 Å². The van der Waals surface area contributed by atoms with Crippen molar-refractivity contribution in [3.63, 3.8) is 0 Å². The molecule has 0 spiro atoms. The van der Waals surface area contributed by atoms with Crippen LogP contribution in [0.15, 0.2) is 30.8 Å². The number of alkyl halides is 3. The van der Waals surface area contributed by atoms with E-state index in [2.05, 4.69) is 34.1 Å². The quantitative estimate of drug-likeness (QED) is 0.711. The van der Waals surface area contributed by atoms with Gasteiger partial charge in [0.25, 0.3) is 0 Å². The van der Waals surface area contributed by atoms with E-state index in [1.54, 1.807) is 12.1 Å². The molecule has 2 aliphatic rings. The molecule has 2 fully saturated rings. The highest BCUT2D eigenvalue weighted by Crippen LogP contribution is 2.38. The lowest BCUT2D eigenvalue weighted by molar-refractivity contribution is -0.0688. The van der Waals surface area contributed by atoms with Gasteiger partial charge in [-0.05, 0) is 64.4 Å². The van der Waals surface area contributed by atoms with Gasteiger partial charge in [0.1, 0.15) is 5.82 Å². The number of pyridine rings is 1. The molecule has 1 aliphatic carbocycles. The maximum absolute atomic E-state index is 13.5. The van der Waals surface area contributed by atoms with Crippen molar-refractivity contribution >= 4 is 27.9 Å². The maximum Gasteiger partial charge on any atom is 0.417 e. The lowest BCUT2D eigenvalue weighted by atomic mass is 9.93. The average molecular weight is 404 g/mol. The van der Waals surface area contributed by atoms with Gasteiger partial charge in [-0.2, -0.15) is 13.2 Å². The molecule has 0 bridgehead atoms. The third-order valence-corrected chi connectivity index (χ3v) is 6.04. The predicted octanol–water partition coefficient (Wildman–Crippen LogP) is 5.28. The molecule has 4 rings (SSSR count). The van der Waals surface area contributed by atoms with Crippen LogP contribution in [0.4, 0.5) is 24.7 Å². The van der Waals surface area contributed by atoms with E-state index < -0.39 is 11.7 Å². The van der Waals surface area contributed by atoms with E-state index in [4.69, 9.17) is 0 Å². The van der Waals surface area contributed by atoms with Crippen LogP contribution in [0.25, 0.3) is 16.3 Å². The molecule has 1 aromatic carbocycles. The van der Waals surface area contributed by atoms with Crippen LogP contribution >= 0.6 is 0 Å². The van der Waals surface area contributed by atoms with Gasteiger partial charge in [-0.1, -0.05) is 18.7 Å². The number of hydrogen-bond donors (Lipinski definition) is 2. The highest BCUT2D eigenvalue weighted by Gasteiger charge is 2.35. The molecule has 1 aliphatic heterocycles. The third kappa shape index (κ3) is 4.34. The zero-order chi connectivity index (χ0) is 20.6. The normalized spacial score (nSPS) is 19.2. The summed E-state index contributed by atoms with van der Waals surface area (Å²) in [5, 5.41) is 8.09. The number of benzene rings is 1. The fraction of sp³-hybridized carbons (Fsp3) is 0.500. The summed E-state index contributed by atoms with van der Waals surface area (Å²) in [6, 6.07) is 7.88. The minimum absolute atomic E-state index is 0.0937. The van der Waals surface area contributed by atoms with Crippen molar-refractivity contribution in [1.82, 2.24) is 9.88 Å². The molecule has 0 amide bonds. The molecule has 1 saturated carbocycles. The fourth-order valence-corrected chi connectivity index (χ4v) is 3.98. The number of nitrogens with one attached hydrogen (secondary N) is 2. The number of fused-ring (bicyclic) bond motifs is 1. The molecular weight excluding hydrogens is 377 g/mol. The summed E-state index contributed by atoms with van der Waals surface area (Å²) in [7, 11) is 2.10. The van der Waals surface area contributed by atoms with Gasteiger partial charge in [0.15, 0.2) is 0 Å². The monoisotopic (exact) mass is 404 g/mol. The number of rotatable bonds is 5. The molecule has 29 heavy (non-hydrogen) atoms. The van der Waals surface area contributed by atoms with Crippen molar-refractivity contribution in [3.05, 3.63) is 36.5 Å². The summed E-state index contributed by atoms with van der Waals surface area (Å²) in [5.41, 5.74) is -0.146. The Labute approximate surface area is 169 Å². The fourth-order valence-electron chi connectivity index (χ4n) is 3.98. The number of nitrogens with zero attached hydrogens (tertiary/aromatic N) is 2. The van der Waals surface area contributed by atoms with Crippen LogP contribution in [0.3, 0.4) is 0 Å². The van der Waals surface area contributed by atoms with Crippen LogP contribution in [-0.4, -0.2) is 48.3 Å². The molecule has 2 aromatic rings. The standard InChI is InChI=1S/C22H27F3N4/c1-14(22(23,24)25)21-17-7-4-8-19(26-16-9-11-29(2)12-10-16)18(17)13-20(28-21)27-15-5-3-6-15/h4,7-8,13,15-16,26H,1,3,5-6,9-12H2,2H3,(H,27,28). The van der Waals surface area contributed by atoms with E-state index in [1.165, 1.54) is 0 Å². The molecule has 0 unspecified atom stereocenters. The van der Waals surface area contributed by atoms with Crippen molar-refractivity contribution < 1.29 is 13.2 Å². The topological polar surface area (TPSA) is 40.2 Å². The molecule has 1 saturated heterocycles. The van der Waals surface area contributed by atoms with E-state index >= 15 is 0 Å². The van der Waals surface area contributed by atoms with Gasteiger partial charge in [-0.25, -0.2) is 4.98 Å². The van der Waals surface area contributed by atoms with Crippen molar-refractivity contribution in [2.45, 2.75) is 50.4 Å². The molecule has 1 aromatic heterocycles. The summed E-state index contributed by atoms with van der Waals surface area (Å²) in [5.74, 6) is 0.486. The lowest BCUT2D eigenvalue weighted by Crippen LogP contribution is -2.36. The van der Waals surface area contributed by atoms with Gasteiger partial charge in [0, 0.05) is 28.5 Å². The van der Waals surface area contributed by atoms with E-state index in [0.29, 0.717) is 17.2 Å². The minimum atomic E-state index is -4.52. The highest BCUT2D eigenvalue weighted by molar-refractivity contribution is 6.01. The van der Waals surface area contributed by atoms with E-state index in [1.807, 2.05) is 12.1 Å². The minimum Gasteiger partial charge on any atom is -0.382 e. The molecular formula is C22H27F3N4. The van der Waals surface area contributed by atoms with Gasteiger partial charge >= 0.3 is 6.18 Å². The first kappa shape index (κ1) is 20.0. The smallest absolute Gasteiger partial charge is 0.382 e. The zero-order valence-electron chi connectivity index (χ0n) is 16.6. The second-order valence-electron chi connectivity index (χ2n) is 8.23. The Morgan fingerprint density at radius 2 is 1.76 bits per heavy atom. The first-order valence-electron chi connectivity index (χ1n) is 10.2. The van der Waals surface area contributed by atoms with Crippen LogP contribution in [0.1, 0.15) is 37.8 Å². The maximum atomic E-state index is 13.5. The summed E-state index contributed by atoms with van der Waals surface area (Å²) in [6.07, 6.45) is 0.665. The third-order valence-electron chi connectivity index (χ3n) is 6.04. The molecule has 4 nitrogen and oxygen atoms in total. The molecule has 0 atom stereocenters. The number of allylic oxidation sites excluding steroid dienone is 1. The van der Waals surface area contributed by atoms with Crippen molar-refractivity contribution in [2.24, 2.45) is 0 Å².